The Morgan fingerprint density at radius 2 is 1.79 bits per heavy atom. The number of aliphatic hydroxyl groups excluding tert-OH is 1. The number of benzene rings is 2. The fraction of sp³-hybridized carbons (Fsp3) is 0.419. The Morgan fingerprint density at radius 3 is 2.43 bits per heavy atom. The first-order valence-electron chi connectivity index (χ1n) is 14.0. The van der Waals surface area contributed by atoms with Crippen molar-refractivity contribution in [3.8, 4) is 45.7 Å². The number of nitrogens with two attached hydrogens (primary N) is 2. The van der Waals surface area contributed by atoms with Crippen LogP contribution in [0.5, 0.6) is 17.2 Å². The number of ether oxygens (including phenoxy) is 2. The third-order valence-corrected chi connectivity index (χ3v) is 7.33. The molecule has 226 valence electrons. The highest BCUT2D eigenvalue weighted by molar-refractivity contribution is 5.88. The highest BCUT2D eigenvalue weighted by Gasteiger charge is 2.24. The Balaban J connectivity index is 0.00000484. The van der Waals surface area contributed by atoms with Crippen LogP contribution in [0.25, 0.3) is 22.4 Å². The van der Waals surface area contributed by atoms with Crippen molar-refractivity contribution in [1.82, 2.24) is 4.98 Å². The zero-order valence-electron chi connectivity index (χ0n) is 23.8. The van der Waals surface area contributed by atoms with Crippen molar-refractivity contribution in [3.63, 3.8) is 0 Å². The summed E-state index contributed by atoms with van der Waals surface area (Å²) in [5.74, 6) is 0.459. The van der Waals surface area contributed by atoms with E-state index in [1.54, 1.807) is 25.3 Å². The van der Waals surface area contributed by atoms with E-state index in [0.29, 0.717) is 46.9 Å². The molecule has 0 saturated carbocycles. The van der Waals surface area contributed by atoms with E-state index in [1.165, 1.54) is 18.2 Å². The third-order valence-electron chi connectivity index (χ3n) is 7.33. The topological polar surface area (TPSA) is 151 Å². The van der Waals surface area contributed by atoms with E-state index in [0.717, 1.165) is 51.6 Å². The van der Waals surface area contributed by atoms with Gasteiger partial charge in [0.2, 0.25) is 0 Å². The van der Waals surface area contributed by atoms with Crippen LogP contribution in [0.15, 0.2) is 42.5 Å². The average molecular weight is 600 g/mol. The molecular weight excluding hydrogens is 561 g/mol. The molecule has 1 atom stereocenters. The molecule has 1 aromatic heterocycles. The van der Waals surface area contributed by atoms with Gasteiger partial charge in [0.25, 0.3) is 0 Å². The number of pyridine rings is 1. The van der Waals surface area contributed by atoms with Crippen molar-refractivity contribution in [2.45, 2.75) is 57.3 Å². The monoisotopic (exact) mass is 599 g/mol. The standard InChI is InChI=1S/C31H38FN5O4.ClH/c1-40-27-18-28(37-14-11-23(35)12-15-37)36-31(21-7-8-22(19-34)24(32)16-21)30(27)20-9-10-26(25(38)17-20)41-29(39)6-4-2-3-5-13-33;/h7-10,16-18,23,29,38-39H,2-6,11-15,33,35H2,1H3;1H. The lowest BCUT2D eigenvalue weighted by Gasteiger charge is -2.32. The van der Waals surface area contributed by atoms with Crippen molar-refractivity contribution >= 4 is 18.2 Å². The molecule has 1 aliphatic heterocycles. The van der Waals surface area contributed by atoms with Gasteiger partial charge >= 0.3 is 0 Å². The number of halogens is 2. The lowest BCUT2D eigenvalue weighted by molar-refractivity contribution is -0.0261. The number of methoxy groups -OCH3 is 1. The second-order valence-corrected chi connectivity index (χ2v) is 10.3. The van der Waals surface area contributed by atoms with E-state index >= 15 is 0 Å². The molecule has 6 N–H and O–H groups in total. The second kappa shape index (κ2) is 15.6. The smallest absolute Gasteiger partial charge is 0.197 e. The van der Waals surface area contributed by atoms with Crippen LogP contribution in [0.2, 0.25) is 0 Å². The van der Waals surface area contributed by atoms with Gasteiger partial charge < -0.3 is 36.1 Å². The summed E-state index contributed by atoms with van der Waals surface area (Å²) in [6.45, 7) is 2.09. The summed E-state index contributed by atoms with van der Waals surface area (Å²) in [5, 5.41) is 30.4. The zero-order chi connectivity index (χ0) is 29.4. The van der Waals surface area contributed by atoms with Gasteiger partial charge in [-0.3, -0.25) is 0 Å². The van der Waals surface area contributed by atoms with E-state index in [9.17, 15) is 19.9 Å². The number of aliphatic hydroxyl groups is 1. The van der Waals surface area contributed by atoms with Crippen molar-refractivity contribution in [2.75, 3.05) is 31.6 Å². The molecule has 42 heavy (non-hydrogen) atoms. The van der Waals surface area contributed by atoms with Crippen LogP contribution in [0.1, 0.15) is 50.5 Å². The number of hydrogen-bond acceptors (Lipinski definition) is 9. The number of anilines is 1. The number of aromatic nitrogens is 1. The van der Waals surface area contributed by atoms with Crippen molar-refractivity contribution in [1.29, 1.82) is 5.26 Å². The molecule has 0 spiro atoms. The Bertz CT molecular complexity index is 1380. The van der Waals surface area contributed by atoms with Crippen LogP contribution in [0, 0.1) is 17.1 Å². The minimum Gasteiger partial charge on any atom is -0.504 e. The number of rotatable bonds is 12. The molecule has 0 bridgehead atoms. The molecule has 1 aliphatic rings. The Hall–Kier alpha value is -3.62. The van der Waals surface area contributed by atoms with Gasteiger partial charge in [0.05, 0.1) is 23.9 Å². The van der Waals surface area contributed by atoms with E-state index in [4.69, 9.17) is 25.9 Å². The molecule has 3 aromatic rings. The molecule has 0 aliphatic carbocycles. The number of unbranched alkanes of at least 4 members (excludes halogenated alkanes) is 3. The molecule has 2 heterocycles. The fourth-order valence-electron chi connectivity index (χ4n) is 5.00. The molecule has 11 heteroatoms. The summed E-state index contributed by atoms with van der Waals surface area (Å²) >= 11 is 0. The molecule has 2 aromatic carbocycles. The maximum atomic E-state index is 14.7. The van der Waals surface area contributed by atoms with Crippen LogP contribution >= 0.6 is 12.4 Å². The van der Waals surface area contributed by atoms with E-state index in [2.05, 4.69) is 4.90 Å². The van der Waals surface area contributed by atoms with Crippen LogP contribution in [-0.4, -0.2) is 54.3 Å². The quantitative estimate of drug-likeness (QED) is 0.165. The number of hydrogen-bond donors (Lipinski definition) is 4. The summed E-state index contributed by atoms with van der Waals surface area (Å²) in [4.78, 5) is 7.04. The van der Waals surface area contributed by atoms with Crippen molar-refractivity contribution in [3.05, 3.63) is 53.8 Å². The van der Waals surface area contributed by atoms with Gasteiger partial charge in [-0.2, -0.15) is 5.26 Å². The summed E-state index contributed by atoms with van der Waals surface area (Å²) in [6.07, 6.45) is 4.67. The summed E-state index contributed by atoms with van der Waals surface area (Å²) in [5.41, 5.74) is 13.5. The van der Waals surface area contributed by atoms with Crippen LogP contribution in [-0.2, 0) is 0 Å². The first kappa shape index (κ1) is 32.9. The molecule has 0 amide bonds. The van der Waals surface area contributed by atoms with Gasteiger partial charge in [0.15, 0.2) is 17.8 Å². The summed E-state index contributed by atoms with van der Waals surface area (Å²) < 4.78 is 26.1. The first-order chi connectivity index (χ1) is 19.8. The average Bonchev–Trinajstić information content (AvgIpc) is 2.97. The second-order valence-electron chi connectivity index (χ2n) is 10.3. The van der Waals surface area contributed by atoms with Crippen LogP contribution in [0.3, 0.4) is 0 Å². The molecular formula is C31H39ClFN5O4. The van der Waals surface area contributed by atoms with Gasteiger partial charge in [0.1, 0.15) is 23.5 Å². The predicted molar refractivity (Wildman–Crippen MR) is 163 cm³/mol. The number of phenolic OH excluding ortho intramolecular Hbond substituents is 1. The Morgan fingerprint density at radius 1 is 1.07 bits per heavy atom. The summed E-state index contributed by atoms with van der Waals surface area (Å²) in [7, 11) is 1.54. The number of nitrogens with zero attached hydrogens (tertiary/aromatic N) is 3. The lowest BCUT2D eigenvalue weighted by Crippen LogP contribution is -2.40. The van der Waals surface area contributed by atoms with Crippen LogP contribution < -0.4 is 25.8 Å². The van der Waals surface area contributed by atoms with Gasteiger partial charge in [-0.15, -0.1) is 12.4 Å². The summed E-state index contributed by atoms with van der Waals surface area (Å²) in [6, 6.07) is 13.0. The molecule has 0 radical (unpaired) electrons. The predicted octanol–water partition coefficient (Wildman–Crippen LogP) is 5.10. The fourth-order valence-corrected chi connectivity index (χ4v) is 5.00. The van der Waals surface area contributed by atoms with Gasteiger partial charge in [0, 0.05) is 37.2 Å². The Kier molecular flexibility index (Phi) is 12.2. The highest BCUT2D eigenvalue weighted by atomic mass is 35.5. The molecule has 1 unspecified atom stereocenters. The minimum absolute atomic E-state index is 0. The number of aromatic hydroxyl groups is 1. The molecule has 1 fully saturated rings. The normalized spacial score (nSPS) is 14.1. The largest absolute Gasteiger partial charge is 0.504 e. The van der Waals surface area contributed by atoms with E-state index < -0.39 is 12.1 Å². The van der Waals surface area contributed by atoms with Gasteiger partial charge in [-0.05, 0) is 62.1 Å². The van der Waals surface area contributed by atoms with E-state index in [1.807, 2.05) is 12.1 Å². The molecule has 9 nitrogen and oxygen atoms in total. The zero-order valence-corrected chi connectivity index (χ0v) is 24.6. The van der Waals surface area contributed by atoms with E-state index in [-0.39, 0.29) is 35.5 Å². The Labute approximate surface area is 252 Å². The number of piperidine rings is 1. The molecule has 4 rings (SSSR count). The SMILES string of the molecule is COc1cc(N2CCC(N)CC2)nc(-c2ccc(C#N)c(F)c2)c1-c1ccc(OC(O)CCCCCCN)c(O)c1.Cl. The number of nitriles is 1. The van der Waals surface area contributed by atoms with Crippen molar-refractivity contribution in [2.24, 2.45) is 11.5 Å². The maximum Gasteiger partial charge on any atom is 0.197 e. The van der Waals surface area contributed by atoms with Crippen molar-refractivity contribution < 1.29 is 24.1 Å². The number of phenols is 1. The first-order valence-corrected chi connectivity index (χ1v) is 14.0. The highest BCUT2D eigenvalue weighted by Crippen LogP contribution is 2.43. The van der Waals surface area contributed by atoms with Crippen LogP contribution in [0.4, 0.5) is 10.2 Å². The minimum atomic E-state index is -1.06. The van der Waals surface area contributed by atoms with Gasteiger partial charge in [-0.1, -0.05) is 25.0 Å². The third kappa shape index (κ3) is 8.01. The van der Waals surface area contributed by atoms with Gasteiger partial charge in [-0.25, -0.2) is 9.37 Å². The lowest BCUT2D eigenvalue weighted by atomic mass is 9.96. The maximum absolute atomic E-state index is 14.7. The molecule has 1 saturated heterocycles.